The third kappa shape index (κ3) is 5.13. The van der Waals surface area contributed by atoms with Crippen molar-refractivity contribution in [1.29, 1.82) is 0 Å². The van der Waals surface area contributed by atoms with Crippen LogP contribution in [0.4, 0.5) is 13.2 Å². The van der Waals surface area contributed by atoms with E-state index in [1.807, 2.05) is 0 Å². The van der Waals surface area contributed by atoms with E-state index in [0.29, 0.717) is 14.6 Å². The Morgan fingerprint density at radius 2 is 2.11 bits per heavy atom. The molecule has 0 saturated heterocycles. The van der Waals surface area contributed by atoms with Crippen LogP contribution < -0.4 is 4.74 Å². The lowest BCUT2D eigenvalue weighted by atomic mass is 10.1. The van der Waals surface area contributed by atoms with Gasteiger partial charge in [0.25, 0.3) is 0 Å². The molecule has 106 valence electrons. The van der Waals surface area contributed by atoms with Crippen molar-refractivity contribution in [2.45, 2.75) is 18.1 Å². The number of nitrogens with zero attached hydrogens (tertiary/aromatic N) is 1. The third-order valence-electron chi connectivity index (χ3n) is 2.01. The minimum atomic E-state index is -4.86. The minimum absolute atomic E-state index is 0.0269. The molecular formula is C10H8BrF3INO3. The first-order valence-corrected chi connectivity index (χ1v) is 7.03. The Morgan fingerprint density at radius 1 is 1.47 bits per heavy atom. The van der Waals surface area contributed by atoms with E-state index < -0.39 is 18.2 Å². The van der Waals surface area contributed by atoms with E-state index in [-0.39, 0.29) is 12.0 Å². The lowest BCUT2D eigenvalue weighted by Crippen LogP contribution is -2.20. The van der Waals surface area contributed by atoms with Crippen molar-refractivity contribution < 1.29 is 27.4 Å². The summed E-state index contributed by atoms with van der Waals surface area (Å²) >= 11 is 4.98. The van der Waals surface area contributed by atoms with Gasteiger partial charge in [0, 0.05) is 10.9 Å². The molecule has 0 radical (unpaired) electrons. The van der Waals surface area contributed by atoms with E-state index in [9.17, 15) is 18.0 Å². The van der Waals surface area contributed by atoms with Gasteiger partial charge in [-0.15, -0.1) is 13.2 Å². The molecule has 0 spiro atoms. The summed E-state index contributed by atoms with van der Waals surface area (Å²) < 4.78 is 45.4. The van der Waals surface area contributed by atoms with Crippen LogP contribution in [0.15, 0.2) is 6.07 Å². The Labute approximate surface area is 128 Å². The molecule has 0 fully saturated rings. The standard InChI is InChI=1S/C10H8BrF3INO3/c1-18-7(17)3-5-2-6(4-11)8(15)16-9(5)19-10(12,13)14/h2H,3-4H2,1H3. The van der Waals surface area contributed by atoms with Gasteiger partial charge >= 0.3 is 12.3 Å². The van der Waals surface area contributed by atoms with E-state index in [1.54, 1.807) is 22.6 Å². The molecule has 0 aliphatic heterocycles. The van der Waals surface area contributed by atoms with Gasteiger partial charge in [0.15, 0.2) is 0 Å². The molecule has 0 N–H and O–H groups in total. The van der Waals surface area contributed by atoms with E-state index in [0.717, 1.165) is 7.11 Å². The number of pyridine rings is 1. The Bertz CT molecular complexity index is 482. The highest BCUT2D eigenvalue weighted by Gasteiger charge is 2.33. The molecule has 0 aliphatic rings. The predicted molar refractivity (Wildman–Crippen MR) is 72.0 cm³/mol. The van der Waals surface area contributed by atoms with E-state index >= 15 is 0 Å². The summed E-state index contributed by atoms with van der Waals surface area (Å²) in [4.78, 5) is 14.9. The van der Waals surface area contributed by atoms with Crippen molar-refractivity contribution in [3.05, 3.63) is 20.9 Å². The second kappa shape index (κ2) is 6.73. The van der Waals surface area contributed by atoms with Crippen LogP contribution in [0.3, 0.4) is 0 Å². The molecule has 0 saturated carbocycles. The van der Waals surface area contributed by atoms with Crippen LogP contribution in [0.25, 0.3) is 0 Å². The minimum Gasteiger partial charge on any atom is -0.469 e. The third-order valence-corrected chi connectivity index (χ3v) is 3.54. The molecular weight excluding hydrogens is 446 g/mol. The van der Waals surface area contributed by atoms with Crippen molar-refractivity contribution in [2.75, 3.05) is 7.11 Å². The Morgan fingerprint density at radius 3 is 2.58 bits per heavy atom. The number of hydrogen-bond acceptors (Lipinski definition) is 4. The molecule has 1 rings (SSSR count). The first-order chi connectivity index (χ1) is 8.76. The Balaban J connectivity index is 3.18. The topological polar surface area (TPSA) is 48.4 Å². The quantitative estimate of drug-likeness (QED) is 0.304. The van der Waals surface area contributed by atoms with Gasteiger partial charge in [0.05, 0.1) is 13.5 Å². The lowest BCUT2D eigenvalue weighted by Gasteiger charge is -2.13. The predicted octanol–water partition coefficient (Wildman–Crippen LogP) is 3.20. The number of methoxy groups -OCH3 is 1. The zero-order valence-corrected chi connectivity index (χ0v) is 13.3. The van der Waals surface area contributed by atoms with Crippen molar-refractivity contribution in [1.82, 2.24) is 4.98 Å². The van der Waals surface area contributed by atoms with Crippen LogP contribution in [0.1, 0.15) is 11.1 Å². The number of ether oxygens (including phenoxy) is 2. The average Bonchev–Trinajstić information content (AvgIpc) is 2.30. The summed E-state index contributed by atoms with van der Waals surface area (Å²) in [5.74, 6) is -1.30. The molecule has 4 nitrogen and oxygen atoms in total. The Hall–Kier alpha value is -0.580. The molecule has 0 aliphatic carbocycles. The zero-order chi connectivity index (χ0) is 14.6. The fraction of sp³-hybridized carbons (Fsp3) is 0.400. The van der Waals surface area contributed by atoms with Gasteiger partial charge in [0.2, 0.25) is 5.88 Å². The molecule has 19 heavy (non-hydrogen) atoms. The first kappa shape index (κ1) is 16.5. The van der Waals surface area contributed by atoms with Gasteiger partial charge in [-0.2, -0.15) is 0 Å². The number of hydrogen-bond donors (Lipinski definition) is 0. The van der Waals surface area contributed by atoms with Gasteiger partial charge in [-0.25, -0.2) is 4.98 Å². The monoisotopic (exact) mass is 453 g/mol. The number of carbonyl (C=O) groups is 1. The second-order valence-electron chi connectivity index (χ2n) is 3.34. The number of rotatable bonds is 4. The van der Waals surface area contributed by atoms with Gasteiger partial charge < -0.3 is 9.47 Å². The summed E-state index contributed by atoms with van der Waals surface area (Å²) in [7, 11) is 1.15. The summed E-state index contributed by atoms with van der Waals surface area (Å²) in [5, 5.41) is 0.402. The molecule has 1 heterocycles. The van der Waals surface area contributed by atoms with Gasteiger partial charge in [-0.05, 0) is 34.2 Å². The maximum Gasteiger partial charge on any atom is 0.574 e. The van der Waals surface area contributed by atoms with Crippen molar-refractivity contribution in [2.24, 2.45) is 0 Å². The van der Waals surface area contributed by atoms with Crippen molar-refractivity contribution >= 4 is 44.5 Å². The summed E-state index contributed by atoms with van der Waals surface area (Å²) in [5.41, 5.74) is 0.688. The highest BCUT2D eigenvalue weighted by atomic mass is 127. The Kier molecular flexibility index (Phi) is 5.83. The molecule has 0 atom stereocenters. The van der Waals surface area contributed by atoms with Crippen LogP contribution in [0, 0.1) is 3.70 Å². The van der Waals surface area contributed by atoms with Crippen LogP contribution in [-0.2, 0) is 21.3 Å². The average molecular weight is 454 g/mol. The molecule has 0 bridgehead atoms. The van der Waals surface area contributed by atoms with Crippen LogP contribution >= 0.6 is 38.5 Å². The van der Waals surface area contributed by atoms with Gasteiger partial charge in [-0.3, -0.25) is 4.79 Å². The number of alkyl halides is 4. The lowest BCUT2D eigenvalue weighted by molar-refractivity contribution is -0.276. The summed E-state index contributed by atoms with van der Waals surface area (Å²) in [6.45, 7) is 0. The largest absolute Gasteiger partial charge is 0.574 e. The number of aromatic nitrogens is 1. The molecule has 1 aromatic heterocycles. The van der Waals surface area contributed by atoms with Gasteiger partial charge in [0.1, 0.15) is 3.70 Å². The zero-order valence-electron chi connectivity index (χ0n) is 9.55. The van der Waals surface area contributed by atoms with E-state index in [1.165, 1.54) is 6.07 Å². The maximum absolute atomic E-state index is 12.3. The number of halogens is 5. The number of esters is 1. The molecule has 0 unspecified atom stereocenters. The highest BCUT2D eigenvalue weighted by Crippen LogP contribution is 2.28. The maximum atomic E-state index is 12.3. The van der Waals surface area contributed by atoms with Crippen LogP contribution in [0.5, 0.6) is 5.88 Å². The van der Waals surface area contributed by atoms with Crippen LogP contribution in [-0.4, -0.2) is 24.4 Å². The normalized spacial score (nSPS) is 11.3. The first-order valence-electron chi connectivity index (χ1n) is 4.83. The number of carbonyl (C=O) groups excluding carboxylic acids is 1. The van der Waals surface area contributed by atoms with Crippen molar-refractivity contribution in [3.8, 4) is 5.88 Å². The molecule has 0 aromatic carbocycles. The fourth-order valence-corrected chi connectivity index (χ4v) is 2.73. The second-order valence-corrected chi connectivity index (χ2v) is 4.92. The van der Waals surface area contributed by atoms with Crippen molar-refractivity contribution in [3.63, 3.8) is 0 Å². The molecule has 0 amide bonds. The molecule has 9 heteroatoms. The van der Waals surface area contributed by atoms with Crippen LogP contribution in [0.2, 0.25) is 0 Å². The summed E-state index contributed by atoms with van der Waals surface area (Å²) in [6, 6.07) is 1.43. The molecule has 1 aromatic rings. The van der Waals surface area contributed by atoms with E-state index in [4.69, 9.17) is 0 Å². The SMILES string of the molecule is COC(=O)Cc1cc(CBr)c(I)nc1OC(F)(F)F. The van der Waals surface area contributed by atoms with Gasteiger partial charge in [-0.1, -0.05) is 15.9 Å². The summed E-state index contributed by atoms with van der Waals surface area (Å²) in [6.07, 6.45) is -5.21. The fourth-order valence-electron chi connectivity index (χ4n) is 1.21. The smallest absolute Gasteiger partial charge is 0.469 e. The highest BCUT2D eigenvalue weighted by molar-refractivity contribution is 14.1. The van der Waals surface area contributed by atoms with E-state index in [2.05, 4.69) is 30.4 Å².